The molecule has 2 aromatic heterocycles. The van der Waals surface area contributed by atoms with Crippen LogP contribution in [0.5, 0.6) is 0 Å². The topological polar surface area (TPSA) is 101 Å². The number of H-pyrrole nitrogens is 1. The molecule has 2 N–H and O–H groups in total. The van der Waals surface area contributed by atoms with Gasteiger partial charge >= 0.3 is 5.97 Å². The number of aromatic carboxylic acids is 1. The average molecular weight is 262 g/mol. The number of nitrogens with one attached hydrogen (secondary N) is 1. The van der Waals surface area contributed by atoms with E-state index >= 15 is 0 Å². The predicted octanol–water partition coefficient (Wildman–Crippen LogP) is 0.951. The minimum absolute atomic E-state index is 0.108. The molecule has 19 heavy (non-hydrogen) atoms. The summed E-state index contributed by atoms with van der Waals surface area (Å²) in [5.74, 6) is -0.932. The Morgan fingerprint density at radius 1 is 1.42 bits per heavy atom. The number of carboxylic acid groups (broad SMARTS) is 1. The molecule has 0 radical (unpaired) electrons. The third kappa shape index (κ3) is 2.70. The Kier molecular flexibility index (Phi) is 2.97. The van der Waals surface area contributed by atoms with Crippen LogP contribution >= 0.6 is 0 Å². The fourth-order valence-corrected chi connectivity index (χ4v) is 1.49. The molecule has 2 aromatic rings. The van der Waals surface area contributed by atoms with Crippen LogP contribution in [0.2, 0.25) is 0 Å². The summed E-state index contributed by atoms with van der Waals surface area (Å²) < 4.78 is 1.24. The number of carboxylic acids is 1. The van der Waals surface area contributed by atoms with E-state index in [1.165, 1.54) is 23.0 Å². The van der Waals surface area contributed by atoms with Gasteiger partial charge < -0.3 is 5.11 Å². The van der Waals surface area contributed by atoms with Gasteiger partial charge in [0.1, 0.15) is 0 Å². The van der Waals surface area contributed by atoms with Crippen molar-refractivity contribution in [1.82, 2.24) is 19.7 Å². The van der Waals surface area contributed by atoms with Gasteiger partial charge in [0, 0.05) is 17.7 Å². The minimum Gasteiger partial charge on any atom is -0.476 e. The fourth-order valence-electron chi connectivity index (χ4n) is 1.49. The number of carbonyl (C=O) groups is 1. The average Bonchev–Trinajstić information content (AvgIpc) is 2.76. The highest BCUT2D eigenvalue weighted by Gasteiger charge is 2.18. The first-order valence-corrected chi connectivity index (χ1v) is 5.68. The Morgan fingerprint density at radius 3 is 2.63 bits per heavy atom. The second-order valence-corrected chi connectivity index (χ2v) is 5.15. The molecule has 7 heteroatoms. The number of aromatic nitrogens is 4. The molecule has 2 heterocycles. The van der Waals surface area contributed by atoms with E-state index in [0.717, 1.165) is 0 Å². The van der Waals surface area contributed by atoms with Crippen LogP contribution < -0.4 is 5.56 Å². The molecular weight excluding hydrogens is 248 g/mol. The molecule has 0 aliphatic heterocycles. The van der Waals surface area contributed by atoms with Crippen molar-refractivity contribution >= 4 is 5.97 Å². The van der Waals surface area contributed by atoms with E-state index in [1.54, 1.807) is 0 Å². The lowest BCUT2D eigenvalue weighted by atomic mass is 9.92. The van der Waals surface area contributed by atoms with Crippen molar-refractivity contribution in [3.8, 4) is 5.95 Å². The molecule has 0 unspecified atom stereocenters. The summed E-state index contributed by atoms with van der Waals surface area (Å²) in [6.45, 7) is 5.80. The van der Waals surface area contributed by atoms with E-state index in [4.69, 9.17) is 5.11 Å². The maximum Gasteiger partial charge on any atom is 0.356 e. The standard InChI is InChI=1S/C12H14N4O3/c1-12(2,3)8-6-9(17)14-11(13-8)16-5-4-7(15-16)10(18)19/h4-6H,1-3H3,(H,18,19)(H,13,14,17). The SMILES string of the molecule is CC(C)(C)c1cc(=O)[nH]c(-n2ccc(C(=O)O)n2)n1. The summed E-state index contributed by atoms with van der Waals surface area (Å²) in [7, 11) is 0. The molecule has 0 atom stereocenters. The van der Waals surface area contributed by atoms with Gasteiger partial charge in [-0.05, 0) is 6.07 Å². The molecule has 0 amide bonds. The van der Waals surface area contributed by atoms with Crippen LogP contribution in [0.4, 0.5) is 0 Å². The molecule has 0 spiro atoms. The summed E-state index contributed by atoms with van der Waals surface area (Å²) >= 11 is 0. The number of nitrogens with zero attached hydrogens (tertiary/aromatic N) is 3. The monoisotopic (exact) mass is 262 g/mol. The molecule has 7 nitrogen and oxygen atoms in total. The molecule has 0 bridgehead atoms. The summed E-state index contributed by atoms with van der Waals surface area (Å²) in [4.78, 5) is 29.2. The van der Waals surface area contributed by atoms with Crippen molar-refractivity contribution < 1.29 is 9.90 Å². The zero-order valence-electron chi connectivity index (χ0n) is 10.8. The van der Waals surface area contributed by atoms with E-state index in [-0.39, 0.29) is 22.6 Å². The summed E-state index contributed by atoms with van der Waals surface area (Å²) in [6, 6.07) is 2.76. The van der Waals surface area contributed by atoms with Gasteiger partial charge in [0.15, 0.2) is 5.69 Å². The van der Waals surface area contributed by atoms with Gasteiger partial charge in [0.25, 0.3) is 5.56 Å². The molecule has 0 aliphatic carbocycles. The van der Waals surface area contributed by atoms with E-state index in [2.05, 4.69) is 15.1 Å². The highest BCUT2D eigenvalue weighted by Crippen LogP contribution is 2.18. The maximum atomic E-state index is 11.6. The van der Waals surface area contributed by atoms with Gasteiger partial charge in [-0.15, -0.1) is 0 Å². The molecule has 0 aromatic carbocycles. The van der Waals surface area contributed by atoms with Gasteiger partial charge in [-0.25, -0.2) is 14.5 Å². The second-order valence-electron chi connectivity index (χ2n) is 5.15. The van der Waals surface area contributed by atoms with E-state index in [0.29, 0.717) is 5.69 Å². The minimum atomic E-state index is -1.13. The number of aromatic amines is 1. The molecule has 0 fully saturated rings. The molecule has 100 valence electrons. The summed E-state index contributed by atoms with van der Waals surface area (Å²) in [5, 5.41) is 12.6. The predicted molar refractivity (Wildman–Crippen MR) is 67.6 cm³/mol. The lowest BCUT2D eigenvalue weighted by molar-refractivity contribution is 0.0690. The molecule has 0 saturated heterocycles. The van der Waals surface area contributed by atoms with Crippen molar-refractivity contribution in [3.63, 3.8) is 0 Å². The quantitative estimate of drug-likeness (QED) is 0.839. The van der Waals surface area contributed by atoms with E-state index < -0.39 is 5.97 Å². The number of hydrogen-bond acceptors (Lipinski definition) is 4. The third-order valence-corrected chi connectivity index (χ3v) is 2.52. The highest BCUT2D eigenvalue weighted by atomic mass is 16.4. The Hall–Kier alpha value is -2.44. The molecule has 0 aliphatic rings. The Balaban J connectivity index is 2.53. The maximum absolute atomic E-state index is 11.6. The first kappa shape index (κ1) is 13.0. The van der Waals surface area contributed by atoms with Gasteiger partial charge in [-0.1, -0.05) is 20.8 Å². The Morgan fingerprint density at radius 2 is 2.11 bits per heavy atom. The normalized spacial score (nSPS) is 11.5. The van der Waals surface area contributed by atoms with Gasteiger partial charge in [0.2, 0.25) is 5.95 Å². The third-order valence-electron chi connectivity index (χ3n) is 2.52. The summed E-state index contributed by atoms with van der Waals surface area (Å²) in [5.41, 5.74) is -0.0871. The summed E-state index contributed by atoms with van der Waals surface area (Å²) in [6.07, 6.45) is 1.44. The van der Waals surface area contributed by atoms with Crippen molar-refractivity contribution in [2.75, 3.05) is 0 Å². The van der Waals surface area contributed by atoms with E-state index in [9.17, 15) is 9.59 Å². The largest absolute Gasteiger partial charge is 0.476 e. The zero-order chi connectivity index (χ0) is 14.2. The van der Waals surface area contributed by atoms with E-state index in [1.807, 2.05) is 20.8 Å². The molecular formula is C12H14N4O3. The van der Waals surface area contributed by atoms with Crippen LogP contribution in [-0.4, -0.2) is 30.8 Å². The van der Waals surface area contributed by atoms with Gasteiger partial charge in [-0.3, -0.25) is 9.78 Å². The second kappa shape index (κ2) is 4.34. The van der Waals surface area contributed by atoms with Gasteiger partial charge in [0.05, 0.1) is 5.69 Å². The van der Waals surface area contributed by atoms with Crippen LogP contribution in [0.3, 0.4) is 0 Å². The lowest BCUT2D eigenvalue weighted by Crippen LogP contribution is -2.22. The van der Waals surface area contributed by atoms with Crippen LogP contribution in [-0.2, 0) is 5.41 Å². The van der Waals surface area contributed by atoms with Crippen molar-refractivity contribution in [1.29, 1.82) is 0 Å². The van der Waals surface area contributed by atoms with Gasteiger partial charge in [-0.2, -0.15) is 5.10 Å². The Bertz CT molecular complexity index is 679. The fraction of sp³-hybridized carbons (Fsp3) is 0.333. The van der Waals surface area contributed by atoms with Crippen LogP contribution in [0, 0.1) is 0 Å². The van der Waals surface area contributed by atoms with Crippen LogP contribution in [0.1, 0.15) is 37.0 Å². The van der Waals surface area contributed by atoms with Crippen molar-refractivity contribution in [3.05, 3.63) is 40.1 Å². The lowest BCUT2D eigenvalue weighted by Gasteiger charge is -2.17. The van der Waals surface area contributed by atoms with Crippen LogP contribution in [0.15, 0.2) is 23.1 Å². The first-order chi connectivity index (χ1) is 8.77. The highest BCUT2D eigenvalue weighted by molar-refractivity contribution is 5.85. The van der Waals surface area contributed by atoms with Crippen molar-refractivity contribution in [2.45, 2.75) is 26.2 Å². The van der Waals surface area contributed by atoms with Crippen LogP contribution in [0.25, 0.3) is 5.95 Å². The molecule has 2 rings (SSSR count). The Labute approximate surface area is 108 Å². The zero-order valence-corrected chi connectivity index (χ0v) is 10.8. The smallest absolute Gasteiger partial charge is 0.356 e. The first-order valence-electron chi connectivity index (χ1n) is 5.68. The van der Waals surface area contributed by atoms with Crippen molar-refractivity contribution in [2.24, 2.45) is 0 Å². The number of rotatable bonds is 2. The molecule has 0 saturated carbocycles. The number of hydrogen-bond donors (Lipinski definition) is 2.